The van der Waals surface area contributed by atoms with Crippen molar-refractivity contribution >= 4 is 6.09 Å². The number of carbonyl (C=O) groups is 1. The number of likely N-dealkylation sites (tertiary alicyclic amines) is 1. The Morgan fingerprint density at radius 3 is 2.59 bits per heavy atom. The predicted octanol–water partition coefficient (Wildman–Crippen LogP) is 0.672. The molecule has 2 fully saturated rings. The quantitative estimate of drug-likeness (QED) is 0.790. The number of aliphatic hydroxyl groups is 1. The Balaban J connectivity index is 1.93. The first-order valence-electron chi connectivity index (χ1n) is 6.43. The summed E-state index contributed by atoms with van der Waals surface area (Å²) in [4.78, 5) is 15.8. The average Bonchev–Trinajstić information content (AvgIpc) is 2.70. The van der Waals surface area contributed by atoms with Crippen LogP contribution in [0.5, 0.6) is 0 Å². The molecule has 0 aromatic rings. The number of rotatable bonds is 3. The molecule has 1 amide bonds. The van der Waals surface area contributed by atoms with E-state index in [1.54, 1.807) is 4.90 Å². The number of piperidine rings is 1. The van der Waals surface area contributed by atoms with E-state index in [0.717, 1.165) is 25.9 Å². The molecule has 0 saturated carbocycles. The Morgan fingerprint density at radius 2 is 2.06 bits per heavy atom. The van der Waals surface area contributed by atoms with E-state index in [0.29, 0.717) is 12.6 Å². The van der Waals surface area contributed by atoms with Crippen LogP contribution in [-0.4, -0.2) is 65.4 Å². The van der Waals surface area contributed by atoms with Gasteiger partial charge in [-0.05, 0) is 26.7 Å². The van der Waals surface area contributed by atoms with Crippen LogP contribution in [0.15, 0.2) is 0 Å². The fourth-order valence-electron chi connectivity index (χ4n) is 2.74. The lowest BCUT2D eigenvalue weighted by atomic mass is 10.0. The van der Waals surface area contributed by atoms with Gasteiger partial charge >= 0.3 is 6.09 Å². The van der Waals surface area contributed by atoms with Crippen molar-refractivity contribution in [1.29, 1.82) is 0 Å². The molecule has 5 heteroatoms. The summed E-state index contributed by atoms with van der Waals surface area (Å²) in [7, 11) is 0. The third-order valence-electron chi connectivity index (χ3n) is 3.84. The number of nitrogens with zero attached hydrogens (tertiary/aromatic N) is 2. The second kappa shape index (κ2) is 5.23. The van der Waals surface area contributed by atoms with Gasteiger partial charge in [0.15, 0.2) is 0 Å². The molecule has 1 unspecified atom stereocenters. The van der Waals surface area contributed by atoms with Crippen LogP contribution in [-0.2, 0) is 4.74 Å². The largest absolute Gasteiger partial charge is 0.447 e. The van der Waals surface area contributed by atoms with Gasteiger partial charge in [-0.3, -0.25) is 4.90 Å². The van der Waals surface area contributed by atoms with Gasteiger partial charge in [0.1, 0.15) is 6.61 Å². The van der Waals surface area contributed by atoms with E-state index < -0.39 is 0 Å². The zero-order valence-corrected chi connectivity index (χ0v) is 10.6. The molecular formula is C12H22N2O3. The maximum Gasteiger partial charge on any atom is 0.410 e. The molecule has 2 saturated heterocycles. The molecule has 1 atom stereocenters. The van der Waals surface area contributed by atoms with Crippen molar-refractivity contribution in [3.05, 3.63) is 0 Å². The number of cyclic esters (lactones) is 1. The Morgan fingerprint density at radius 1 is 1.41 bits per heavy atom. The molecule has 0 aromatic carbocycles. The standard InChI is InChI=1S/C12H22N2O3/c1-9(2)13-5-3-10(4-6-13)14-11(7-15)8-17-12(14)16/h9-11,15H,3-8H2,1-2H3. The number of ether oxygens (including phenoxy) is 1. The summed E-state index contributed by atoms with van der Waals surface area (Å²) in [6, 6.07) is 0.658. The Bertz CT molecular complexity index is 275. The molecule has 0 aromatic heterocycles. The van der Waals surface area contributed by atoms with Crippen LogP contribution < -0.4 is 0 Å². The van der Waals surface area contributed by atoms with Crippen LogP contribution in [0.3, 0.4) is 0 Å². The van der Waals surface area contributed by atoms with Crippen molar-refractivity contribution in [2.75, 3.05) is 26.3 Å². The fraction of sp³-hybridized carbons (Fsp3) is 0.917. The predicted molar refractivity (Wildman–Crippen MR) is 63.8 cm³/mol. The third-order valence-corrected chi connectivity index (χ3v) is 3.84. The van der Waals surface area contributed by atoms with Crippen molar-refractivity contribution in [3.8, 4) is 0 Å². The molecule has 98 valence electrons. The maximum absolute atomic E-state index is 11.6. The number of aliphatic hydroxyl groups excluding tert-OH is 1. The van der Waals surface area contributed by atoms with Gasteiger partial charge in [-0.25, -0.2) is 4.79 Å². The first-order valence-corrected chi connectivity index (χ1v) is 6.43. The van der Waals surface area contributed by atoms with E-state index in [2.05, 4.69) is 18.7 Å². The SMILES string of the molecule is CC(C)N1CCC(N2C(=O)OCC2CO)CC1. The summed E-state index contributed by atoms with van der Waals surface area (Å²) in [5.41, 5.74) is 0. The van der Waals surface area contributed by atoms with E-state index in [1.807, 2.05) is 0 Å². The lowest BCUT2D eigenvalue weighted by Gasteiger charge is -2.39. The van der Waals surface area contributed by atoms with E-state index in [9.17, 15) is 9.90 Å². The molecule has 1 N–H and O–H groups in total. The second-order valence-corrected chi connectivity index (χ2v) is 5.18. The van der Waals surface area contributed by atoms with Crippen molar-refractivity contribution in [2.45, 2.75) is 44.8 Å². The molecule has 2 heterocycles. The van der Waals surface area contributed by atoms with Crippen LogP contribution in [0.25, 0.3) is 0 Å². The highest BCUT2D eigenvalue weighted by Gasteiger charge is 2.39. The minimum atomic E-state index is -0.257. The molecular weight excluding hydrogens is 220 g/mol. The zero-order chi connectivity index (χ0) is 12.4. The number of hydrogen-bond acceptors (Lipinski definition) is 4. The first kappa shape index (κ1) is 12.6. The minimum absolute atomic E-state index is 0.00383. The van der Waals surface area contributed by atoms with Crippen molar-refractivity contribution in [2.24, 2.45) is 0 Å². The van der Waals surface area contributed by atoms with Crippen molar-refractivity contribution in [3.63, 3.8) is 0 Å². The normalized spacial score (nSPS) is 27.9. The first-order chi connectivity index (χ1) is 8.13. The molecule has 0 bridgehead atoms. The van der Waals surface area contributed by atoms with Gasteiger partial charge in [0.05, 0.1) is 12.6 Å². The second-order valence-electron chi connectivity index (χ2n) is 5.18. The molecule has 0 aliphatic carbocycles. The Labute approximate surface area is 102 Å². The topological polar surface area (TPSA) is 53.0 Å². The highest BCUT2D eigenvalue weighted by Crippen LogP contribution is 2.24. The van der Waals surface area contributed by atoms with Gasteiger partial charge in [0.2, 0.25) is 0 Å². The van der Waals surface area contributed by atoms with Crippen LogP contribution in [0, 0.1) is 0 Å². The molecule has 0 spiro atoms. The molecule has 5 nitrogen and oxygen atoms in total. The van der Waals surface area contributed by atoms with E-state index in [1.165, 1.54) is 0 Å². The lowest BCUT2D eigenvalue weighted by molar-refractivity contribution is 0.0808. The minimum Gasteiger partial charge on any atom is -0.447 e. The van der Waals surface area contributed by atoms with Crippen molar-refractivity contribution in [1.82, 2.24) is 9.80 Å². The van der Waals surface area contributed by atoms with Gasteiger partial charge in [0.25, 0.3) is 0 Å². The summed E-state index contributed by atoms with van der Waals surface area (Å²) >= 11 is 0. The van der Waals surface area contributed by atoms with E-state index in [4.69, 9.17) is 4.74 Å². The third kappa shape index (κ3) is 2.55. The van der Waals surface area contributed by atoms with Gasteiger partial charge in [-0.1, -0.05) is 0 Å². The van der Waals surface area contributed by atoms with Crippen LogP contribution in [0.1, 0.15) is 26.7 Å². The Hall–Kier alpha value is -0.810. The van der Waals surface area contributed by atoms with Crippen molar-refractivity contribution < 1.29 is 14.6 Å². The van der Waals surface area contributed by atoms with Crippen LogP contribution in [0.2, 0.25) is 0 Å². The van der Waals surface area contributed by atoms with E-state index >= 15 is 0 Å². The summed E-state index contributed by atoms with van der Waals surface area (Å²) in [6.07, 6.45) is 1.69. The highest BCUT2D eigenvalue weighted by molar-refractivity contribution is 5.70. The van der Waals surface area contributed by atoms with E-state index in [-0.39, 0.29) is 24.8 Å². The summed E-state index contributed by atoms with van der Waals surface area (Å²) in [5.74, 6) is 0. The number of hydrogen-bond donors (Lipinski definition) is 1. The van der Waals surface area contributed by atoms with Crippen LogP contribution in [0.4, 0.5) is 4.79 Å². The van der Waals surface area contributed by atoms with Gasteiger partial charge < -0.3 is 14.7 Å². The van der Waals surface area contributed by atoms with Gasteiger partial charge in [-0.2, -0.15) is 0 Å². The smallest absolute Gasteiger partial charge is 0.410 e. The average molecular weight is 242 g/mol. The maximum atomic E-state index is 11.6. The van der Waals surface area contributed by atoms with Crippen LogP contribution >= 0.6 is 0 Å². The summed E-state index contributed by atoms with van der Waals surface area (Å²) < 4.78 is 5.01. The lowest BCUT2D eigenvalue weighted by Crippen LogP contribution is -2.50. The zero-order valence-electron chi connectivity index (χ0n) is 10.6. The number of carbonyl (C=O) groups excluding carboxylic acids is 1. The van der Waals surface area contributed by atoms with Gasteiger partial charge in [-0.15, -0.1) is 0 Å². The number of amides is 1. The molecule has 2 aliphatic rings. The Kier molecular flexibility index (Phi) is 3.89. The molecule has 2 rings (SSSR count). The molecule has 0 radical (unpaired) electrons. The monoisotopic (exact) mass is 242 g/mol. The van der Waals surface area contributed by atoms with Gasteiger partial charge in [0, 0.05) is 25.2 Å². The molecule has 17 heavy (non-hydrogen) atoms. The fourth-order valence-corrected chi connectivity index (χ4v) is 2.74. The highest BCUT2D eigenvalue weighted by atomic mass is 16.6. The summed E-state index contributed by atoms with van der Waals surface area (Å²) in [6.45, 7) is 6.76. The molecule has 2 aliphatic heterocycles. The summed E-state index contributed by atoms with van der Waals surface area (Å²) in [5, 5.41) is 9.24.